The number of nitrogens with zero attached hydrogens (tertiary/aromatic N) is 1. The molecule has 3 heteroatoms. The highest BCUT2D eigenvalue weighted by molar-refractivity contribution is 6.30. The lowest BCUT2D eigenvalue weighted by Gasteiger charge is -2.40. The Morgan fingerprint density at radius 1 is 1.29 bits per heavy atom. The van der Waals surface area contributed by atoms with Crippen LogP contribution in [0.25, 0.3) is 0 Å². The van der Waals surface area contributed by atoms with Crippen molar-refractivity contribution in [2.45, 2.75) is 37.3 Å². The van der Waals surface area contributed by atoms with Crippen LogP contribution in [0.3, 0.4) is 0 Å². The Balaban J connectivity index is 2.31. The molecule has 1 N–H and O–H groups in total. The molecule has 94 valence electrons. The second kappa shape index (κ2) is 4.97. The summed E-state index contributed by atoms with van der Waals surface area (Å²) in [5, 5.41) is 11.4. The number of likely N-dealkylation sites (N-methyl/N-ethyl adjacent to an activating group) is 1. The maximum atomic E-state index is 10.7. The predicted octanol–water partition coefficient (Wildman–Crippen LogP) is 3.25. The molecule has 2 nitrogen and oxygen atoms in total. The molecule has 1 atom stereocenters. The first kappa shape index (κ1) is 12.9. The smallest absolute Gasteiger partial charge is 0.0973 e. The van der Waals surface area contributed by atoms with E-state index in [4.69, 9.17) is 11.6 Å². The van der Waals surface area contributed by atoms with E-state index in [1.807, 2.05) is 24.3 Å². The fraction of sp³-hybridized carbons (Fsp3) is 0.571. The molecule has 1 aliphatic carbocycles. The Kier molecular flexibility index (Phi) is 3.76. The average Bonchev–Trinajstić information content (AvgIpc) is 2.78. The molecule has 1 unspecified atom stereocenters. The molecule has 0 spiro atoms. The third-order valence-corrected chi connectivity index (χ3v) is 4.27. The van der Waals surface area contributed by atoms with Gasteiger partial charge in [0.1, 0.15) is 0 Å². The first-order valence-electron chi connectivity index (χ1n) is 6.17. The minimum absolute atomic E-state index is 0.120. The first-order valence-corrected chi connectivity index (χ1v) is 6.55. The van der Waals surface area contributed by atoms with Crippen LogP contribution < -0.4 is 0 Å². The molecule has 2 rings (SSSR count). The SMILES string of the molecule is CN(C)C1(C(O)c2cccc(Cl)c2)CCCC1. The van der Waals surface area contributed by atoms with Gasteiger partial charge in [-0.05, 0) is 44.6 Å². The van der Waals surface area contributed by atoms with Crippen molar-refractivity contribution in [3.05, 3.63) is 34.9 Å². The largest absolute Gasteiger partial charge is 0.386 e. The van der Waals surface area contributed by atoms with E-state index in [2.05, 4.69) is 19.0 Å². The summed E-state index contributed by atoms with van der Waals surface area (Å²) in [5.41, 5.74) is 0.804. The van der Waals surface area contributed by atoms with E-state index in [0.717, 1.165) is 18.4 Å². The number of halogens is 1. The van der Waals surface area contributed by atoms with Gasteiger partial charge in [0.25, 0.3) is 0 Å². The molecule has 1 saturated carbocycles. The molecule has 0 saturated heterocycles. The molecule has 1 aromatic carbocycles. The molecule has 0 radical (unpaired) electrons. The van der Waals surface area contributed by atoms with E-state index in [1.165, 1.54) is 12.8 Å². The molecule has 0 bridgehead atoms. The quantitative estimate of drug-likeness (QED) is 0.894. The van der Waals surface area contributed by atoms with Crippen LogP contribution in [0.5, 0.6) is 0 Å². The van der Waals surface area contributed by atoms with Crippen molar-refractivity contribution < 1.29 is 5.11 Å². The summed E-state index contributed by atoms with van der Waals surface area (Å²) in [7, 11) is 4.11. The van der Waals surface area contributed by atoms with E-state index in [9.17, 15) is 5.11 Å². The van der Waals surface area contributed by atoms with Crippen LogP contribution >= 0.6 is 11.6 Å². The van der Waals surface area contributed by atoms with E-state index in [0.29, 0.717) is 5.02 Å². The molecule has 1 aromatic rings. The van der Waals surface area contributed by atoms with Crippen molar-refractivity contribution in [3.63, 3.8) is 0 Å². The first-order chi connectivity index (χ1) is 8.06. The minimum atomic E-state index is -0.460. The lowest BCUT2D eigenvalue weighted by atomic mass is 9.85. The third kappa shape index (κ3) is 2.35. The summed E-state index contributed by atoms with van der Waals surface area (Å²) in [6.07, 6.45) is 4.02. The van der Waals surface area contributed by atoms with Crippen molar-refractivity contribution >= 4 is 11.6 Å². The molecular weight excluding hydrogens is 234 g/mol. The van der Waals surface area contributed by atoms with Gasteiger partial charge >= 0.3 is 0 Å². The Labute approximate surface area is 108 Å². The molecule has 0 amide bonds. The fourth-order valence-electron chi connectivity index (χ4n) is 2.94. The van der Waals surface area contributed by atoms with Gasteiger partial charge in [-0.1, -0.05) is 36.6 Å². The highest BCUT2D eigenvalue weighted by Crippen LogP contribution is 2.43. The van der Waals surface area contributed by atoms with Gasteiger partial charge in [0.15, 0.2) is 0 Å². The zero-order chi connectivity index (χ0) is 12.5. The van der Waals surface area contributed by atoms with Gasteiger partial charge in [-0.2, -0.15) is 0 Å². The minimum Gasteiger partial charge on any atom is -0.386 e. The normalized spacial score (nSPS) is 20.8. The summed E-state index contributed by atoms with van der Waals surface area (Å²) in [6.45, 7) is 0. The average molecular weight is 254 g/mol. The highest BCUT2D eigenvalue weighted by Gasteiger charge is 2.43. The number of aliphatic hydroxyl groups excluding tert-OH is 1. The maximum absolute atomic E-state index is 10.7. The lowest BCUT2D eigenvalue weighted by molar-refractivity contribution is -0.00474. The van der Waals surface area contributed by atoms with Crippen molar-refractivity contribution in [3.8, 4) is 0 Å². The highest BCUT2D eigenvalue weighted by atomic mass is 35.5. The molecule has 1 fully saturated rings. The number of benzene rings is 1. The van der Waals surface area contributed by atoms with Gasteiger partial charge in [0.2, 0.25) is 0 Å². The van der Waals surface area contributed by atoms with Crippen LogP contribution in [0.1, 0.15) is 37.4 Å². The van der Waals surface area contributed by atoms with E-state index in [1.54, 1.807) is 0 Å². The van der Waals surface area contributed by atoms with Gasteiger partial charge in [0.05, 0.1) is 11.6 Å². The van der Waals surface area contributed by atoms with Crippen molar-refractivity contribution in [2.75, 3.05) is 14.1 Å². The Morgan fingerprint density at radius 3 is 2.47 bits per heavy atom. The molecule has 1 aliphatic rings. The van der Waals surface area contributed by atoms with Gasteiger partial charge in [0, 0.05) is 5.02 Å². The predicted molar refractivity (Wildman–Crippen MR) is 71.3 cm³/mol. The third-order valence-electron chi connectivity index (χ3n) is 4.03. The Hall–Kier alpha value is -0.570. The zero-order valence-electron chi connectivity index (χ0n) is 10.5. The van der Waals surface area contributed by atoms with E-state index < -0.39 is 6.10 Å². The second-order valence-electron chi connectivity index (χ2n) is 5.16. The van der Waals surface area contributed by atoms with Crippen LogP contribution in [-0.2, 0) is 0 Å². The topological polar surface area (TPSA) is 23.5 Å². The summed E-state index contributed by atoms with van der Waals surface area (Å²) in [4.78, 5) is 2.17. The fourth-order valence-corrected chi connectivity index (χ4v) is 3.14. The Morgan fingerprint density at radius 2 is 1.94 bits per heavy atom. The number of rotatable bonds is 3. The summed E-state index contributed by atoms with van der Waals surface area (Å²) >= 11 is 6.00. The molecular formula is C14H20ClNO. The summed E-state index contributed by atoms with van der Waals surface area (Å²) < 4.78 is 0. The molecule has 17 heavy (non-hydrogen) atoms. The molecule has 0 aliphatic heterocycles. The van der Waals surface area contributed by atoms with Gasteiger partial charge in [-0.3, -0.25) is 0 Å². The van der Waals surface area contributed by atoms with Crippen LogP contribution in [0, 0.1) is 0 Å². The van der Waals surface area contributed by atoms with Crippen LogP contribution in [0.15, 0.2) is 24.3 Å². The standard InChI is InChI=1S/C14H20ClNO/c1-16(2)14(8-3-4-9-14)13(17)11-6-5-7-12(15)10-11/h5-7,10,13,17H,3-4,8-9H2,1-2H3. The molecule has 0 aromatic heterocycles. The van der Waals surface area contributed by atoms with Crippen LogP contribution in [0.4, 0.5) is 0 Å². The number of hydrogen-bond donors (Lipinski definition) is 1. The van der Waals surface area contributed by atoms with Crippen molar-refractivity contribution in [2.24, 2.45) is 0 Å². The number of hydrogen-bond acceptors (Lipinski definition) is 2. The summed E-state index contributed by atoms with van der Waals surface area (Å²) in [6, 6.07) is 7.57. The van der Waals surface area contributed by atoms with Crippen molar-refractivity contribution in [1.82, 2.24) is 4.90 Å². The Bertz CT molecular complexity index is 386. The monoisotopic (exact) mass is 253 g/mol. The van der Waals surface area contributed by atoms with Gasteiger partial charge in [-0.25, -0.2) is 0 Å². The van der Waals surface area contributed by atoms with Crippen LogP contribution in [-0.4, -0.2) is 29.6 Å². The second-order valence-corrected chi connectivity index (χ2v) is 5.60. The van der Waals surface area contributed by atoms with E-state index in [-0.39, 0.29) is 5.54 Å². The van der Waals surface area contributed by atoms with Crippen LogP contribution in [0.2, 0.25) is 5.02 Å². The molecule has 0 heterocycles. The maximum Gasteiger partial charge on any atom is 0.0973 e. The van der Waals surface area contributed by atoms with Gasteiger partial charge in [-0.15, -0.1) is 0 Å². The zero-order valence-corrected chi connectivity index (χ0v) is 11.2. The summed E-state index contributed by atoms with van der Waals surface area (Å²) in [5.74, 6) is 0. The number of aliphatic hydroxyl groups is 1. The van der Waals surface area contributed by atoms with Crippen molar-refractivity contribution in [1.29, 1.82) is 0 Å². The lowest BCUT2D eigenvalue weighted by Crippen LogP contribution is -2.47. The van der Waals surface area contributed by atoms with E-state index >= 15 is 0 Å². The van der Waals surface area contributed by atoms with Gasteiger partial charge < -0.3 is 10.0 Å².